The van der Waals surface area contributed by atoms with Crippen LogP contribution in [-0.2, 0) is 9.59 Å². The Balaban J connectivity index is 1.91. The van der Waals surface area contributed by atoms with Crippen LogP contribution in [0.5, 0.6) is 0 Å². The van der Waals surface area contributed by atoms with E-state index >= 15 is 0 Å². The van der Waals surface area contributed by atoms with E-state index in [0.717, 1.165) is 0 Å². The molecule has 0 unspecified atom stereocenters. The Morgan fingerprint density at radius 1 is 1.04 bits per heavy atom. The number of nitro groups is 1. The average molecular weight is 379 g/mol. The van der Waals surface area contributed by atoms with Crippen molar-refractivity contribution in [1.82, 2.24) is 5.32 Å². The summed E-state index contributed by atoms with van der Waals surface area (Å²) in [4.78, 5) is 36.7. The third kappa shape index (κ3) is 3.80. The molecule has 2 amide bonds. The molecule has 1 fully saturated rings. The summed E-state index contributed by atoms with van der Waals surface area (Å²) in [6.45, 7) is 0. The normalized spacial score (nSPS) is 16.1. The number of nitro benzene ring substituents is 1. The van der Waals surface area contributed by atoms with E-state index in [-0.39, 0.29) is 16.4 Å². The first-order chi connectivity index (χ1) is 13.0. The van der Waals surface area contributed by atoms with Gasteiger partial charge in [-0.25, -0.2) is 0 Å². The van der Waals surface area contributed by atoms with Crippen LogP contribution in [0.25, 0.3) is 6.08 Å². The molecule has 134 valence electrons. The monoisotopic (exact) mass is 379 g/mol. The van der Waals surface area contributed by atoms with E-state index in [0.29, 0.717) is 11.3 Å². The van der Waals surface area contributed by atoms with E-state index in [4.69, 9.17) is 12.2 Å². The highest BCUT2D eigenvalue weighted by molar-refractivity contribution is 7.80. The fourth-order valence-corrected chi connectivity index (χ4v) is 2.81. The van der Waals surface area contributed by atoms with Gasteiger partial charge in [0.1, 0.15) is 5.57 Å². The highest BCUT2D eigenvalue weighted by Gasteiger charge is 2.33. The van der Waals surface area contributed by atoms with Gasteiger partial charge >= 0.3 is 0 Å². The second kappa shape index (κ2) is 7.71. The van der Waals surface area contributed by atoms with Gasteiger partial charge in [-0.1, -0.05) is 36.4 Å². The van der Waals surface area contributed by atoms with Crippen LogP contribution in [0, 0.1) is 10.1 Å². The maximum Gasteiger partial charge on any atom is 0.276 e. The maximum absolute atomic E-state index is 12.7. The number of thiocarbonyl (C=S) groups is 1. The highest BCUT2D eigenvalue weighted by atomic mass is 32.1. The second-order valence-electron chi connectivity index (χ2n) is 5.49. The van der Waals surface area contributed by atoms with Gasteiger partial charge in [-0.2, -0.15) is 0 Å². The lowest BCUT2D eigenvalue weighted by atomic mass is 10.1. The Bertz CT molecular complexity index is 999. The largest absolute Gasteiger partial charge is 0.298 e. The first-order valence-corrected chi connectivity index (χ1v) is 8.26. The van der Waals surface area contributed by atoms with Crippen molar-refractivity contribution in [1.29, 1.82) is 0 Å². The van der Waals surface area contributed by atoms with Gasteiger partial charge in [-0.3, -0.25) is 29.9 Å². The third-order valence-electron chi connectivity index (χ3n) is 3.79. The van der Waals surface area contributed by atoms with Crippen molar-refractivity contribution in [2.75, 3.05) is 4.90 Å². The molecular weight excluding hydrogens is 366 g/mol. The van der Waals surface area contributed by atoms with Crippen molar-refractivity contribution >= 4 is 46.6 Å². The van der Waals surface area contributed by atoms with Crippen molar-refractivity contribution in [3.8, 4) is 0 Å². The van der Waals surface area contributed by atoms with Crippen molar-refractivity contribution in [3.05, 3.63) is 88.0 Å². The van der Waals surface area contributed by atoms with Crippen LogP contribution in [0.4, 0.5) is 11.4 Å². The SMILES string of the molecule is O=C1NC(=S)N(c2ccccc2)C(=O)C1=CC=Cc1ccccc1[N+](=O)[O-]. The van der Waals surface area contributed by atoms with E-state index in [2.05, 4.69) is 5.32 Å². The van der Waals surface area contributed by atoms with Gasteiger partial charge in [-0.15, -0.1) is 0 Å². The minimum atomic E-state index is -0.621. The molecule has 0 atom stereocenters. The summed E-state index contributed by atoms with van der Waals surface area (Å²) in [5.41, 5.74) is 0.695. The standard InChI is InChI=1S/C19H13N3O4S/c23-17-15(11-6-8-13-7-4-5-12-16(13)22(25)26)18(24)21(19(27)20-17)14-9-2-1-3-10-14/h1-12H,(H,20,23,27). The molecule has 2 aromatic rings. The van der Waals surface area contributed by atoms with E-state index in [1.807, 2.05) is 0 Å². The number of nitrogens with zero attached hydrogens (tertiary/aromatic N) is 2. The molecule has 1 N–H and O–H groups in total. The summed E-state index contributed by atoms with van der Waals surface area (Å²) in [6.07, 6.45) is 4.20. The summed E-state index contributed by atoms with van der Waals surface area (Å²) in [6, 6.07) is 14.9. The molecule has 1 saturated heterocycles. The minimum Gasteiger partial charge on any atom is -0.298 e. The molecule has 7 nitrogen and oxygen atoms in total. The molecule has 8 heteroatoms. The zero-order valence-corrected chi connectivity index (χ0v) is 14.7. The molecule has 0 aromatic heterocycles. The number of allylic oxidation sites excluding steroid dienone is 2. The molecule has 0 saturated carbocycles. The van der Waals surface area contributed by atoms with E-state index in [9.17, 15) is 19.7 Å². The second-order valence-corrected chi connectivity index (χ2v) is 5.88. The van der Waals surface area contributed by atoms with E-state index in [1.165, 1.54) is 29.2 Å². The molecule has 27 heavy (non-hydrogen) atoms. The average Bonchev–Trinajstić information content (AvgIpc) is 2.65. The number of para-hydroxylation sites is 2. The Morgan fingerprint density at radius 2 is 1.70 bits per heavy atom. The number of carbonyl (C=O) groups excluding carboxylic acids is 2. The van der Waals surface area contributed by atoms with Gasteiger partial charge in [0.25, 0.3) is 17.5 Å². The summed E-state index contributed by atoms with van der Waals surface area (Å²) in [7, 11) is 0. The maximum atomic E-state index is 12.7. The van der Waals surface area contributed by atoms with Crippen molar-refractivity contribution in [2.45, 2.75) is 0 Å². The molecule has 1 aliphatic heterocycles. The number of hydrogen-bond donors (Lipinski definition) is 1. The molecule has 0 spiro atoms. The zero-order valence-electron chi connectivity index (χ0n) is 13.9. The first kappa shape index (κ1) is 18.2. The van der Waals surface area contributed by atoms with Crippen molar-refractivity contribution in [2.24, 2.45) is 0 Å². The van der Waals surface area contributed by atoms with Crippen molar-refractivity contribution in [3.63, 3.8) is 0 Å². The smallest absolute Gasteiger partial charge is 0.276 e. The Morgan fingerprint density at radius 3 is 2.41 bits per heavy atom. The molecule has 1 heterocycles. The van der Waals surface area contributed by atoms with Crippen LogP contribution in [0.2, 0.25) is 0 Å². The number of carbonyl (C=O) groups is 2. The Hall–Kier alpha value is -3.65. The number of nitrogens with one attached hydrogen (secondary N) is 1. The van der Waals surface area contributed by atoms with Gasteiger partial charge in [0.15, 0.2) is 5.11 Å². The van der Waals surface area contributed by atoms with Crippen LogP contribution in [0.3, 0.4) is 0 Å². The Kier molecular flexibility index (Phi) is 5.18. The molecular formula is C19H13N3O4S. The van der Waals surface area contributed by atoms with Gasteiger partial charge < -0.3 is 0 Å². The fourth-order valence-electron chi connectivity index (χ4n) is 2.53. The topological polar surface area (TPSA) is 92.6 Å². The van der Waals surface area contributed by atoms with Crippen LogP contribution >= 0.6 is 12.2 Å². The van der Waals surface area contributed by atoms with Crippen LogP contribution in [0.15, 0.2) is 72.3 Å². The molecule has 0 radical (unpaired) electrons. The van der Waals surface area contributed by atoms with Crippen LogP contribution in [-0.4, -0.2) is 21.9 Å². The van der Waals surface area contributed by atoms with Gasteiger partial charge in [0.05, 0.1) is 16.2 Å². The molecule has 1 aliphatic rings. The highest BCUT2D eigenvalue weighted by Crippen LogP contribution is 2.21. The number of anilines is 1. The van der Waals surface area contributed by atoms with E-state index in [1.54, 1.807) is 48.5 Å². The fraction of sp³-hybridized carbons (Fsp3) is 0. The summed E-state index contributed by atoms with van der Waals surface area (Å²) >= 11 is 5.10. The molecule has 2 aromatic carbocycles. The number of rotatable bonds is 4. The number of benzene rings is 2. The van der Waals surface area contributed by atoms with Gasteiger partial charge in [-0.05, 0) is 42.6 Å². The summed E-state index contributed by atoms with van der Waals surface area (Å²) < 4.78 is 0. The van der Waals surface area contributed by atoms with Gasteiger partial charge in [0, 0.05) is 6.07 Å². The quantitative estimate of drug-likeness (QED) is 0.290. The number of amides is 2. The molecule has 0 bridgehead atoms. The summed E-state index contributed by atoms with van der Waals surface area (Å²) in [5.74, 6) is -1.19. The lowest BCUT2D eigenvalue weighted by molar-refractivity contribution is -0.385. The third-order valence-corrected chi connectivity index (χ3v) is 4.07. The molecule has 3 rings (SSSR count). The molecule has 0 aliphatic carbocycles. The lowest BCUT2D eigenvalue weighted by Gasteiger charge is -2.28. The predicted octanol–water partition coefficient (Wildman–Crippen LogP) is 2.98. The number of hydrogen-bond acceptors (Lipinski definition) is 5. The van der Waals surface area contributed by atoms with Crippen LogP contribution < -0.4 is 10.2 Å². The Labute approximate surface area is 159 Å². The summed E-state index contributed by atoms with van der Waals surface area (Å²) in [5, 5.41) is 13.5. The first-order valence-electron chi connectivity index (χ1n) is 7.85. The van der Waals surface area contributed by atoms with Gasteiger partial charge in [0.2, 0.25) is 0 Å². The van der Waals surface area contributed by atoms with Crippen LogP contribution in [0.1, 0.15) is 5.56 Å². The van der Waals surface area contributed by atoms with Crippen molar-refractivity contribution < 1.29 is 14.5 Å². The van der Waals surface area contributed by atoms with E-state index < -0.39 is 16.7 Å². The minimum absolute atomic E-state index is 0.00368. The lowest BCUT2D eigenvalue weighted by Crippen LogP contribution is -2.54. The predicted molar refractivity (Wildman–Crippen MR) is 105 cm³/mol. The zero-order chi connectivity index (χ0) is 19.4.